The van der Waals surface area contributed by atoms with Crippen LogP contribution in [0.1, 0.15) is 21.1 Å². The molecule has 4 aromatic heterocycles. The molecule has 0 fully saturated rings. The first-order valence-electron chi connectivity index (χ1n) is 6.84. The van der Waals surface area contributed by atoms with Crippen LogP contribution in [0.2, 0.25) is 0 Å². The van der Waals surface area contributed by atoms with Gasteiger partial charge in [-0.05, 0) is 13.8 Å². The molecule has 0 saturated heterocycles. The van der Waals surface area contributed by atoms with E-state index < -0.39 is 5.91 Å². The number of nitrogens with zero attached hydrogens (tertiary/aromatic N) is 5. The minimum atomic E-state index is -0.603. The standard InChI is InChI=1S/C14H13N7OS/c1-6-14(20-5-17-4-9(20)23-6)21-11(15)10(12(16)22)8-3-18-7(2)19-13(8)21/h3-5H,15H2,1-2H3,(H2,16,22). The van der Waals surface area contributed by atoms with Gasteiger partial charge in [0.15, 0.2) is 5.65 Å². The fourth-order valence-electron chi connectivity index (χ4n) is 2.80. The summed E-state index contributed by atoms with van der Waals surface area (Å²) in [4.78, 5) is 26.6. The minimum absolute atomic E-state index is 0.235. The Morgan fingerprint density at radius 2 is 2.09 bits per heavy atom. The number of carbonyl (C=O) groups is 1. The first-order valence-corrected chi connectivity index (χ1v) is 7.66. The number of thiazole rings is 1. The van der Waals surface area contributed by atoms with Crippen LogP contribution in [0, 0.1) is 13.8 Å². The quantitative estimate of drug-likeness (QED) is 0.577. The van der Waals surface area contributed by atoms with E-state index in [2.05, 4.69) is 15.0 Å². The summed E-state index contributed by atoms with van der Waals surface area (Å²) in [6.45, 7) is 3.76. The van der Waals surface area contributed by atoms with Gasteiger partial charge < -0.3 is 11.5 Å². The zero-order valence-electron chi connectivity index (χ0n) is 12.4. The van der Waals surface area contributed by atoms with Crippen molar-refractivity contribution >= 4 is 38.9 Å². The van der Waals surface area contributed by atoms with E-state index in [1.807, 2.05) is 11.3 Å². The van der Waals surface area contributed by atoms with Crippen LogP contribution < -0.4 is 11.5 Å². The van der Waals surface area contributed by atoms with Gasteiger partial charge >= 0.3 is 0 Å². The second kappa shape index (κ2) is 4.53. The van der Waals surface area contributed by atoms with Crippen LogP contribution in [-0.4, -0.2) is 29.8 Å². The van der Waals surface area contributed by atoms with Gasteiger partial charge in [-0.2, -0.15) is 0 Å². The number of hydrogen-bond donors (Lipinski definition) is 2. The molecule has 0 aliphatic carbocycles. The molecule has 0 spiro atoms. The first kappa shape index (κ1) is 13.7. The van der Waals surface area contributed by atoms with Gasteiger partial charge in [0.1, 0.15) is 28.6 Å². The SMILES string of the molecule is Cc1ncc2c(C(N)=O)c(N)n(-c3c(C)sc4cncn34)c2n1. The minimum Gasteiger partial charge on any atom is -0.384 e. The molecule has 0 aliphatic heterocycles. The van der Waals surface area contributed by atoms with Crippen LogP contribution >= 0.6 is 11.3 Å². The van der Waals surface area contributed by atoms with Crippen LogP contribution in [-0.2, 0) is 0 Å². The van der Waals surface area contributed by atoms with Crippen LogP contribution in [0.5, 0.6) is 0 Å². The molecule has 0 aromatic carbocycles. The molecular formula is C14H13N7OS. The number of hydrogen-bond acceptors (Lipinski definition) is 6. The number of aryl methyl sites for hydroxylation is 2. The summed E-state index contributed by atoms with van der Waals surface area (Å²) < 4.78 is 3.66. The Balaban J connectivity index is 2.21. The Morgan fingerprint density at radius 3 is 2.83 bits per heavy atom. The lowest BCUT2D eigenvalue weighted by Crippen LogP contribution is -2.14. The summed E-state index contributed by atoms with van der Waals surface area (Å²) in [7, 11) is 0. The maximum absolute atomic E-state index is 11.9. The van der Waals surface area contributed by atoms with Gasteiger partial charge in [-0.15, -0.1) is 11.3 Å². The number of carbonyl (C=O) groups excluding carboxylic acids is 1. The van der Waals surface area contributed by atoms with Crippen LogP contribution in [0.25, 0.3) is 21.7 Å². The topological polar surface area (TPSA) is 117 Å². The summed E-state index contributed by atoms with van der Waals surface area (Å²) >= 11 is 1.58. The van der Waals surface area contributed by atoms with Gasteiger partial charge in [0.05, 0.1) is 17.1 Å². The number of aromatic nitrogens is 5. The number of nitrogens with two attached hydrogens (primary N) is 2. The third-order valence-corrected chi connectivity index (χ3v) is 4.73. The Labute approximate surface area is 134 Å². The highest BCUT2D eigenvalue weighted by Gasteiger charge is 2.24. The fourth-order valence-corrected chi connectivity index (χ4v) is 3.74. The molecule has 0 aliphatic rings. The Kier molecular flexibility index (Phi) is 2.70. The van der Waals surface area contributed by atoms with E-state index in [9.17, 15) is 4.79 Å². The molecular weight excluding hydrogens is 314 g/mol. The third-order valence-electron chi connectivity index (χ3n) is 3.73. The van der Waals surface area contributed by atoms with E-state index in [4.69, 9.17) is 11.5 Å². The van der Waals surface area contributed by atoms with E-state index >= 15 is 0 Å². The van der Waals surface area contributed by atoms with Gasteiger partial charge in [-0.3, -0.25) is 13.8 Å². The zero-order valence-corrected chi connectivity index (χ0v) is 13.3. The van der Waals surface area contributed by atoms with Crippen molar-refractivity contribution in [3.63, 3.8) is 0 Å². The number of imidazole rings is 1. The van der Waals surface area contributed by atoms with E-state index in [-0.39, 0.29) is 11.4 Å². The van der Waals surface area contributed by atoms with Crippen LogP contribution in [0.3, 0.4) is 0 Å². The van der Waals surface area contributed by atoms with Crippen molar-refractivity contribution in [3.05, 3.63) is 35.0 Å². The molecule has 8 nitrogen and oxygen atoms in total. The maximum Gasteiger partial charge on any atom is 0.253 e. The molecule has 4 aromatic rings. The summed E-state index contributed by atoms with van der Waals surface area (Å²) in [5, 5.41) is 0.541. The van der Waals surface area contributed by atoms with E-state index in [1.165, 1.54) is 0 Å². The van der Waals surface area contributed by atoms with E-state index in [1.54, 1.807) is 41.5 Å². The molecule has 1 amide bonds. The highest BCUT2D eigenvalue weighted by molar-refractivity contribution is 7.17. The first-order chi connectivity index (χ1) is 11.0. The Bertz CT molecular complexity index is 1090. The number of amides is 1. The highest BCUT2D eigenvalue weighted by Crippen LogP contribution is 2.34. The average molecular weight is 327 g/mol. The van der Waals surface area contributed by atoms with E-state index in [0.717, 1.165) is 15.5 Å². The van der Waals surface area contributed by atoms with Crippen molar-refractivity contribution in [1.82, 2.24) is 23.9 Å². The lowest BCUT2D eigenvalue weighted by atomic mass is 10.2. The number of anilines is 1. The molecule has 0 atom stereocenters. The number of primary amides is 1. The Hall–Kier alpha value is -2.94. The van der Waals surface area contributed by atoms with Gasteiger partial charge in [0.2, 0.25) is 0 Å². The zero-order chi connectivity index (χ0) is 16.3. The summed E-state index contributed by atoms with van der Waals surface area (Å²) in [6, 6.07) is 0. The van der Waals surface area contributed by atoms with Gasteiger partial charge in [-0.1, -0.05) is 0 Å². The molecule has 4 rings (SSSR count). The second-order valence-electron chi connectivity index (χ2n) is 5.20. The molecule has 0 radical (unpaired) electrons. The number of fused-ring (bicyclic) bond motifs is 2. The monoisotopic (exact) mass is 327 g/mol. The van der Waals surface area contributed by atoms with Crippen molar-refractivity contribution in [2.24, 2.45) is 5.73 Å². The maximum atomic E-state index is 11.9. The van der Waals surface area contributed by atoms with Crippen molar-refractivity contribution in [3.8, 4) is 5.82 Å². The van der Waals surface area contributed by atoms with E-state index in [0.29, 0.717) is 16.9 Å². The van der Waals surface area contributed by atoms with Crippen LogP contribution in [0.4, 0.5) is 5.82 Å². The average Bonchev–Trinajstić information content (AvgIpc) is 3.10. The third kappa shape index (κ3) is 1.77. The summed E-state index contributed by atoms with van der Waals surface area (Å²) in [5.74, 6) is 1.04. The lowest BCUT2D eigenvalue weighted by Gasteiger charge is -2.08. The van der Waals surface area contributed by atoms with Crippen molar-refractivity contribution in [2.45, 2.75) is 13.8 Å². The van der Waals surface area contributed by atoms with Gasteiger partial charge in [0, 0.05) is 11.1 Å². The highest BCUT2D eigenvalue weighted by atomic mass is 32.1. The lowest BCUT2D eigenvalue weighted by molar-refractivity contribution is 0.100. The molecule has 0 saturated carbocycles. The van der Waals surface area contributed by atoms with Gasteiger partial charge in [0.25, 0.3) is 5.91 Å². The second-order valence-corrected chi connectivity index (χ2v) is 6.43. The predicted octanol–water partition coefficient (Wildman–Crippen LogP) is 1.43. The van der Waals surface area contributed by atoms with Crippen molar-refractivity contribution < 1.29 is 4.79 Å². The smallest absolute Gasteiger partial charge is 0.253 e. The summed E-state index contributed by atoms with van der Waals surface area (Å²) in [5.41, 5.74) is 12.6. The number of rotatable bonds is 2. The molecule has 4 N–H and O–H groups in total. The van der Waals surface area contributed by atoms with Gasteiger partial charge in [-0.25, -0.2) is 15.0 Å². The molecule has 4 heterocycles. The molecule has 23 heavy (non-hydrogen) atoms. The van der Waals surface area contributed by atoms with Crippen molar-refractivity contribution in [1.29, 1.82) is 0 Å². The fraction of sp³-hybridized carbons (Fsp3) is 0.143. The molecule has 0 bridgehead atoms. The van der Waals surface area contributed by atoms with Crippen molar-refractivity contribution in [2.75, 3.05) is 5.73 Å². The molecule has 9 heteroatoms. The number of nitrogen functional groups attached to an aromatic ring is 1. The predicted molar refractivity (Wildman–Crippen MR) is 87.9 cm³/mol. The normalized spacial score (nSPS) is 11.6. The largest absolute Gasteiger partial charge is 0.384 e. The van der Waals surface area contributed by atoms with Crippen LogP contribution in [0.15, 0.2) is 18.7 Å². The summed E-state index contributed by atoms with van der Waals surface area (Å²) in [6.07, 6.45) is 5.06. The Morgan fingerprint density at radius 1 is 1.30 bits per heavy atom. The molecule has 0 unspecified atom stereocenters. The molecule has 116 valence electrons.